The van der Waals surface area contributed by atoms with E-state index in [1.165, 1.54) is 4.31 Å². The van der Waals surface area contributed by atoms with Crippen LogP contribution >= 0.6 is 0 Å². The molecule has 1 unspecified atom stereocenters. The number of rotatable bonds is 6. The SMILES string of the molecule is CCOC(=O)CCS(=O)(=O)N1CCCC(C)(C(=O)O)C1. The Bertz CT molecular complexity index is 474. The molecule has 0 spiro atoms. The minimum absolute atomic E-state index is 0.0481. The fourth-order valence-corrected chi connectivity index (χ4v) is 3.75. The summed E-state index contributed by atoms with van der Waals surface area (Å²) in [6.45, 7) is 3.65. The van der Waals surface area contributed by atoms with Gasteiger partial charge in [-0.25, -0.2) is 12.7 Å². The molecule has 1 saturated heterocycles. The molecule has 0 radical (unpaired) electrons. The molecule has 1 aliphatic heterocycles. The number of carboxylic acids is 1. The van der Waals surface area contributed by atoms with Crippen molar-refractivity contribution in [3.8, 4) is 0 Å². The van der Waals surface area contributed by atoms with Crippen LogP contribution in [0.3, 0.4) is 0 Å². The van der Waals surface area contributed by atoms with Gasteiger partial charge in [-0.3, -0.25) is 9.59 Å². The highest BCUT2D eigenvalue weighted by Gasteiger charge is 2.41. The van der Waals surface area contributed by atoms with Crippen LogP contribution in [0, 0.1) is 5.41 Å². The summed E-state index contributed by atoms with van der Waals surface area (Å²) in [7, 11) is -3.63. The van der Waals surface area contributed by atoms with E-state index < -0.39 is 27.4 Å². The molecule has 1 atom stereocenters. The van der Waals surface area contributed by atoms with E-state index in [0.717, 1.165) is 0 Å². The summed E-state index contributed by atoms with van der Waals surface area (Å²) in [6.07, 6.45) is 0.740. The lowest BCUT2D eigenvalue weighted by Crippen LogP contribution is -2.49. The van der Waals surface area contributed by atoms with E-state index in [9.17, 15) is 23.1 Å². The lowest BCUT2D eigenvalue weighted by molar-refractivity contribution is -0.150. The third kappa shape index (κ3) is 4.17. The van der Waals surface area contributed by atoms with Crippen LogP contribution in [0.1, 0.15) is 33.1 Å². The molecule has 0 saturated carbocycles. The van der Waals surface area contributed by atoms with Gasteiger partial charge in [-0.05, 0) is 26.7 Å². The van der Waals surface area contributed by atoms with Crippen molar-refractivity contribution in [2.24, 2.45) is 5.41 Å². The van der Waals surface area contributed by atoms with Crippen LogP contribution in [0.25, 0.3) is 0 Å². The van der Waals surface area contributed by atoms with E-state index in [1.54, 1.807) is 13.8 Å². The van der Waals surface area contributed by atoms with Gasteiger partial charge in [-0.2, -0.15) is 0 Å². The average molecular weight is 307 g/mol. The van der Waals surface area contributed by atoms with Crippen molar-refractivity contribution in [2.45, 2.75) is 33.1 Å². The van der Waals surface area contributed by atoms with Crippen molar-refractivity contribution in [1.82, 2.24) is 4.31 Å². The minimum Gasteiger partial charge on any atom is -0.481 e. The van der Waals surface area contributed by atoms with Crippen molar-refractivity contribution >= 4 is 22.0 Å². The van der Waals surface area contributed by atoms with Gasteiger partial charge < -0.3 is 9.84 Å². The first-order chi connectivity index (χ1) is 9.21. The number of esters is 1. The maximum atomic E-state index is 12.1. The molecular weight excluding hydrogens is 286 g/mol. The predicted molar refractivity (Wildman–Crippen MR) is 71.6 cm³/mol. The van der Waals surface area contributed by atoms with Gasteiger partial charge in [0.1, 0.15) is 0 Å². The lowest BCUT2D eigenvalue weighted by atomic mass is 9.83. The van der Waals surface area contributed by atoms with Crippen LogP contribution in [0.2, 0.25) is 0 Å². The highest BCUT2D eigenvalue weighted by molar-refractivity contribution is 7.89. The first-order valence-corrected chi connectivity index (χ1v) is 8.19. The summed E-state index contributed by atoms with van der Waals surface area (Å²) < 4.78 is 30.1. The zero-order valence-electron chi connectivity index (χ0n) is 11.8. The molecule has 1 N–H and O–H groups in total. The van der Waals surface area contributed by atoms with Crippen LogP contribution in [0.4, 0.5) is 0 Å². The van der Waals surface area contributed by atoms with Crippen molar-refractivity contribution in [1.29, 1.82) is 0 Å². The number of sulfonamides is 1. The number of hydrogen-bond donors (Lipinski definition) is 1. The molecular formula is C12H21NO6S. The second kappa shape index (κ2) is 6.53. The number of aliphatic carboxylic acids is 1. The van der Waals surface area contributed by atoms with Crippen molar-refractivity contribution in [3.63, 3.8) is 0 Å². The number of ether oxygens (including phenoxy) is 1. The maximum absolute atomic E-state index is 12.1. The summed E-state index contributed by atoms with van der Waals surface area (Å²) in [5, 5.41) is 9.17. The molecule has 0 aromatic carbocycles. The van der Waals surface area contributed by atoms with Gasteiger partial charge in [0.15, 0.2) is 0 Å². The van der Waals surface area contributed by atoms with E-state index in [4.69, 9.17) is 0 Å². The smallest absolute Gasteiger partial charge is 0.310 e. The molecule has 0 aliphatic carbocycles. The first-order valence-electron chi connectivity index (χ1n) is 6.58. The Morgan fingerprint density at radius 3 is 2.60 bits per heavy atom. The molecule has 0 aromatic rings. The Morgan fingerprint density at radius 1 is 1.40 bits per heavy atom. The molecule has 1 fully saturated rings. The zero-order valence-corrected chi connectivity index (χ0v) is 12.6. The van der Waals surface area contributed by atoms with Crippen LogP contribution in [-0.4, -0.2) is 55.2 Å². The molecule has 7 nitrogen and oxygen atoms in total. The normalized spacial score (nSPS) is 24.3. The second-order valence-corrected chi connectivity index (χ2v) is 7.26. The maximum Gasteiger partial charge on any atom is 0.310 e. The van der Waals surface area contributed by atoms with Gasteiger partial charge in [-0.1, -0.05) is 0 Å². The summed E-state index contributed by atoms with van der Waals surface area (Å²) in [5.41, 5.74) is -1.06. The molecule has 8 heteroatoms. The Morgan fingerprint density at radius 2 is 2.05 bits per heavy atom. The third-order valence-corrected chi connectivity index (χ3v) is 5.26. The van der Waals surface area contributed by atoms with Crippen LogP contribution in [-0.2, 0) is 24.3 Å². The lowest BCUT2D eigenvalue weighted by Gasteiger charge is -2.36. The fourth-order valence-electron chi connectivity index (χ4n) is 2.18. The molecule has 0 bridgehead atoms. The predicted octanol–water partition coefficient (Wildman–Crippen LogP) is 0.456. The summed E-state index contributed by atoms with van der Waals surface area (Å²) in [4.78, 5) is 22.4. The van der Waals surface area contributed by atoms with Crippen molar-refractivity contribution in [3.05, 3.63) is 0 Å². The van der Waals surface area contributed by atoms with Gasteiger partial charge in [-0.15, -0.1) is 0 Å². The third-order valence-electron chi connectivity index (χ3n) is 3.44. The minimum atomic E-state index is -3.63. The summed E-state index contributed by atoms with van der Waals surface area (Å²) in [6, 6.07) is 0. The largest absolute Gasteiger partial charge is 0.481 e. The molecule has 0 amide bonds. The number of carbonyl (C=O) groups excluding carboxylic acids is 1. The Labute approximate surface area is 118 Å². The Balaban J connectivity index is 2.68. The summed E-state index contributed by atoms with van der Waals surface area (Å²) >= 11 is 0. The number of nitrogens with zero attached hydrogens (tertiary/aromatic N) is 1. The van der Waals surface area contributed by atoms with Gasteiger partial charge in [0, 0.05) is 13.1 Å². The fraction of sp³-hybridized carbons (Fsp3) is 0.833. The molecule has 1 heterocycles. The monoisotopic (exact) mass is 307 g/mol. The Kier molecular flexibility index (Phi) is 5.52. The van der Waals surface area contributed by atoms with E-state index in [2.05, 4.69) is 4.74 Å². The molecule has 1 aliphatic rings. The number of hydrogen-bond acceptors (Lipinski definition) is 5. The summed E-state index contributed by atoms with van der Waals surface area (Å²) in [5.74, 6) is -1.90. The van der Waals surface area contributed by atoms with Crippen molar-refractivity contribution in [2.75, 3.05) is 25.4 Å². The van der Waals surface area contributed by atoms with E-state index in [1.807, 2.05) is 0 Å². The van der Waals surface area contributed by atoms with E-state index in [-0.39, 0.29) is 25.3 Å². The van der Waals surface area contributed by atoms with Gasteiger partial charge in [0.05, 0.1) is 24.2 Å². The van der Waals surface area contributed by atoms with E-state index in [0.29, 0.717) is 19.4 Å². The second-order valence-electron chi connectivity index (χ2n) is 5.17. The van der Waals surface area contributed by atoms with Crippen LogP contribution in [0.5, 0.6) is 0 Å². The first kappa shape index (κ1) is 16.9. The molecule has 1 rings (SSSR count). The van der Waals surface area contributed by atoms with Gasteiger partial charge in [0.25, 0.3) is 0 Å². The quantitative estimate of drug-likeness (QED) is 0.715. The number of carbonyl (C=O) groups is 2. The number of piperidine rings is 1. The molecule has 116 valence electrons. The van der Waals surface area contributed by atoms with Crippen LogP contribution in [0.15, 0.2) is 0 Å². The van der Waals surface area contributed by atoms with Gasteiger partial charge >= 0.3 is 11.9 Å². The standard InChI is InChI=1S/C12H21NO6S/c1-3-19-10(14)5-8-20(17,18)13-7-4-6-12(2,9-13)11(15)16/h3-9H2,1-2H3,(H,15,16). The zero-order chi connectivity index (χ0) is 15.4. The van der Waals surface area contributed by atoms with Crippen LogP contribution < -0.4 is 0 Å². The highest BCUT2D eigenvalue weighted by Crippen LogP contribution is 2.31. The Hall–Kier alpha value is -1.15. The van der Waals surface area contributed by atoms with Gasteiger partial charge in [0.2, 0.25) is 10.0 Å². The number of carboxylic acid groups (broad SMARTS) is 1. The highest BCUT2D eigenvalue weighted by atomic mass is 32.2. The molecule has 0 aromatic heterocycles. The van der Waals surface area contributed by atoms with Crippen molar-refractivity contribution < 1.29 is 27.9 Å². The topological polar surface area (TPSA) is 101 Å². The molecule has 20 heavy (non-hydrogen) atoms. The average Bonchev–Trinajstić information content (AvgIpc) is 2.37. The van der Waals surface area contributed by atoms with E-state index >= 15 is 0 Å².